The Balaban J connectivity index is 1.79. The van der Waals surface area contributed by atoms with Gasteiger partial charge in [-0.05, 0) is 37.7 Å². The summed E-state index contributed by atoms with van der Waals surface area (Å²) in [5.74, 6) is -1.36. The van der Waals surface area contributed by atoms with E-state index >= 15 is 0 Å². The van der Waals surface area contributed by atoms with E-state index in [1.54, 1.807) is 24.3 Å². The van der Waals surface area contributed by atoms with E-state index in [4.69, 9.17) is 0 Å². The number of nitrogens with one attached hydrogen (secondary N) is 1. The zero-order valence-corrected chi connectivity index (χ0v) is 17.3. The molecule has 1 heterocycles. The summed E-state index contributed by atoms with van der Waals surface area (Å²) in [4.78, 5) is 41.9. The van der Waals surface area contributed by atoms with Crippen LogP contribution in [0, 0.1) is 5.92 Å². The predicted octanol–water partition coefficient (Wildman–Crippen LogP) is 2.73. The van der Waals surface area contributed by atoms with Crippen LogP contribution < -0.4 is 5.32 Å². The molecular formula is C23H27N3O3. The van der Waals surface area contributed by atoms with Gasteiger partial charge in [-0.15, -0.1) is 0 Å². The van der Waals surface area contributed by atoms with Gasteiger partial charge in [-0.25, -0.2) is 0 Å². The minimum absolute atomic E-state index is 0.0184. The molecule has 0 radical (unpaired) electrons. The summed E-state index contributed by atoms with van der Waals surface area (Å²) in [5.41, 5.74) is 1.79. The molecule has 2 aromatic carbocycles. The van der Waals surface area contributed by atoms with Crippen molar-refractivity contribution >= 4 is 17.7 Å². The van der Waals surface area contributed by atoms with Crippen LogP contribution in [-0.4, -0.2) is 54.2 Å². The van der Waals surface area contributed by atoms with Gasteiger partial charge in [0.15, 0.2) is 0 Å². The minimum Gasteiger partial charge on any atom is -0.352 e. The number of rotatable bonds is 7. The van der Waals surface area contributed by atoms with Gasteiger partial charge in [0.05, 0.1) is 17.2 Å². The number of hydrogen-bond acceptors (Lipinski definition) is 4. The summed E-state index contributed by atoms with van der Waals surface area (Å²) in [5, 5.41) is 2.96. The maximum absolute atomic E-state index is 13.1. The normalized spacial score (nSPS) is 15.6. The lowest BCUT2D eigenvalue weighted by atomic mass is 10.0. The zero-order valence-electron chi connectivity index (χ0n) is 17.3. The second-order valence-electron chi connectivity index (χ2n) is 7.85. The highest BCUT2D eigenvalue weighted by Gasteiger charge is 2.43. The smallest absolute Gasteiger partial charge is 0.262 e. The van der Waals surface area contributed by atoms with Gasteiger partial charge in [0.1, 0.15) is 6.04 Å². The first-order valence-electron chi connectivity index (χ1n) is 9.79. The maximum atomic E-state index is 13.1. The topological polar surface area (TPSA) is 69.7 Å². The molecule has 2 unspecified atom stereocenters. The van der Waals surface area contributed by atoms with Gasteiger partial charge in [0.2, 0.25) is 5.91 Å². The molecule has 3 amide bonds. The van der Waals surface area contributed by atoms with Gasteiger partial charge in [-0.2, -0.15) is 0 Å². The van der Waals surface area contributed by atoms with Crippen LogP contribution in [0.1, 0.15) is 46.2 Å². The van der Waals surface area contributed by atoms with Gasteiger partial charge in [0, 0.05) is 6.54 Å². The maximum Gasteiger partial charge on any atom is 0.262 e. The average molecular weight is 393 g/mol. The number of carbonyl (C=O) groups excluding carboxylic acids is 3. The van der Waals surface area contributed by atoms with Gasteiger partial charge in [-0.1, -0.05) is 56.3 Å². The van der Waals surface area contributed by atoms with E-state index in [9.17, 15) is 14.4 Å². The number of carbonyl (C=O) groups is 3. The van der Waals surface area contributed by atoms with Gasteiger partial charge in [0.25, 0.3) is 11.8 Å². The van der Waals surface area contributed by atoms with E-state index in [0.29, 0.717) is 17.7 Å². The van der Waals surface area contributed by atoms with Crippen molar-refractivity contribution < 1.29 is 14.4 Å². The molecule has 3 rings (SSSR count). The van der Waals surface area contributed by atoms with Crippen LogP contribution in [0.15, 0.2) is 54.6 Å². The Morgan fingerprint density at radius 1 is 0.931 bits per heavy atom. The number of imide groups is 1. The molecule has 2 atom stereocenters. The van der Waals surface area contributed by atoms with E-state index in [1.165, 1.54) is 0 Å². The summed E-state index contributed by atoms with van der Waals surface area (Å²) in [6.45, 7) is 4.06. The highest BCUT2D eigenvalue weighted by molar-refractivity contribution is 6.22. The first-order chi connectivity index (χ1) is 13.8. The Bertz CT molecular complexity index is 874. The first kappa shape index (κ1) is 20.7. The first-order valence-corrected chi connectivity index (χ1v) is 9.79. The van der Waals surface area contributed by atoms with Gasteiger partial charge < -0.3 is 10.2 Å². The van der Waals surface area contributed by atoms with Crippen molar-refractivity contribution in [2.45, 2.75) is 25.9 Å². The SMILES string of the molecule is CC(C)C(C(=O)NCC(c1ccccc1)N(C)C)N1C(=O)c2ccccc2C1=O. The third-order valence-corrected chi connectivity index (χ3v) is 5.28. The summed E-state index contributed by atoms with van der Waals surface area (Å²) >= 11 is 0. The Kier molecular flexibility index (Phi) is 6.13. The lowest BCUT2D eigenvalue weighted by molar-refractivity contribution is -0.126. The summed E-state index contributed by atoms with van der Waals surface area (Å²) < 4.78 is 0. The van der Waals surface area contributed by atoms with Crippen molar-refractivity contribution in [1.82, 2.24) is 15.1 Å². The second-order valence-corrected chi connectivity index (χ2v) is 7.85. The average Bonchev–Trinajstić information content (AvgIpc) is 2.94. The lowest BCUT2D eigenvalue weighted by Gasteiger charge is -2.30. The van der Waals surface area contributed by atoms with Crippen LogP contribution in [0.4, 0.5) is 0 Å². The quantitative estimate of drug-likeness (QED) is 0.735. The van der Waals surface area contributed by atoms with Crippen LogP contribution in [0.2, 0.25) is 0 Å². The Labute approximate surface area is 171 Å². The van der Waals surface area contributed by atoms with E-state index < -0.39 is 17.9 Å². The monoisotopic (exact) mass is 393 g/mol. The van der Waals surface area contributed by atoms with Gasteiger partial charge >= 0.3 is 0 Å². The molecule has 6 heteroatoms. The van der Waals surface area contributed by atoms with Crippen molar-refractivity contribution in [1.29, 1.82) is 0 Å². The number of benzene rings is 2. The number of amides is 3. The van der Waals surface area contributed by atoms with Crippen molar-refractivity contribution in [3.05, 3.63) is 71.3 Å². The molecule has 0 bridgehead atoms. The molecular weight excluding hydrogens is 366 g/mol. The molecule has 1 aliphatic rings. The van der Waals surface area contributed by atoms with Crippen LogP contribution in [0.5, 0.6) is 0 Å². The highest BCUT2D eigenvalue weighted by atomic mass is 16.2. The lowest BCUT2D eigenvalue weighted by Crippen LogP contribution is -2.53. The summed E-state index contributed by atoms with van der Waals surface area (Å²) in [6.07, 6.45) is 0. The number of nitrogens with zero attached hydrogens (tertiary/aromatic N) is 2. The van der Waals surface area contributed by atoms with Crippen molar-refractivity contribution in [3.63, 3.8) is 0 Å². The molecule has 29 heavy (non-hydrogen) atoms. The predicted molar refractivity (Wildman–Crippen MR) is 111 cm³/mol. The molecule has 0 aromatic heterocycles. The third-order valence-electron chi connectivity index (χ3n) is 5.28. The van der Waals surface area contributed by atoms with E-state index in [-0.39, 0.29) is 17.9 Å². The van der Waals surface area contributed by atoms with E-state index in [0.717, 1.165) is 10.5 Å². The number of likely N-dealkylation sites (N-methyl/N-ethyl adjacent to an activating group) is 1. The van der Waals surface area contributed by atoms with Crippen LogP contribution in [0.3, 0.4) is 0 Å². The Morgan fingerprint density at radius 3 is 1.93 bits per heavy atom. The third kappa shape index (κ3) is 4.07. The molecule has 0 spiro atoms. The zero-order chi connectivity index (χ0) is 21.1. The van der Waals surface area contributed by atoms with Crippen molar-refractivity contribution in [2.75, 3.05) is 20.6 Å². The molecule has 0 saturated carbocycles. The molecule has 2 aromatic rings. The fourth-order valence-corrected chi connectivity index (χ4v) is 3.75. The van der Waals surface area contributed by atoms with Crippen molar-refractivity contribution in [2.24, 2.45) is 5.92 Å². The van der Waals surface area contributed by atoms with Crippen LogP contribution in [-0.2, 0) is 4.79 Å². The molecule has 0 saturated heterocycles. The van der Waals surface area contributed by atoms with E-state index in [1.807, 2.05) is 63.2 Å². The largest absolute Gasteiger partial charge is 0.352 e. The van der Waals surface area contributed by atoms with Crippen LogP contribution in [0.25, 0.3) is 0 Å². The van der Waals surface area contributed by atoms with Crippen molar-refractivity contribution in [3.8, 4) is 0 Å². The second kappa shape index (κ2) is 8.57. The molecule has 1 N–H and O–H groups in total. The summed E-state index contributed by atoms with van der Waals surface area (Å²) in [6, 6.07) is 15.7. The Morgan fingerprint density at radius 2 is 1.45 bits per heavy atom. The van der Waals surface area contributed by atoms with E-state index in [2.05, 4.69) is 5.32 Å². The summed E-state index contributed by atoms with van der Waals surface area (Å²) in [7, 11) is 3.90. The fourth-order valence-electron chi connectivity index (χ4n) is 3.75. The molecule has 1 aliphatic heterocycles. The van der Waals surface area contributed by atoms with Crippen LogP contribution >= 0.6 is 0 Å². The highest BCUT2D eigenvalue weighted by Crippen LogP contribution is 2.27. The number of fused-ring (bicyclic) bond motifs is 1. The Hall–Kier alpha value is -2.99. The van der Waals surface area contributed by atoms with Gasteiger partial charge in [-0.3, -0.25) is 19.3 Å². The molecule has 6 nitrogen and oxygen atoms in total. The standard InChI is InChI=1S/C23H27N3O3/c1-15(2)20(26-22(28)17-12-8-9-13-18(17)23(26)29)21(27)24-14-19(25(3)4)16-10-6-5-7-11-16/h5-13,15,19-20H,14H2,1-4H3,(H,24,27). The molecule has 0 aliphatic carbocycles. The fraction of sp³-hybridized carbons (Fsp3) is 0.348. The molecule has 152 valence electrons. The molecule has 0 fully saturated rings. The minimum atomic E-state index is -0.860. The number of hydrogen-bond donors (Lipinski definition) is 1.